The van der Waals surface area contributed by atoms with E-state index in [0.717, 1.165) is 5.56 Å². The number of amides is 1. The monoisotopic (exact) mass is 339 g/mol. The number of halogens is 2. The molecule has 0 aliphatic rings. The third-order valence-electron chi connectivity index (χ3n) is 2.95. The van der Waals surface area contributed by atoms with Gasteiger partial charge >= 0.3 is 6.61 Å². The van der Waals surface area contributed by atoms with Gasteiger partial charge in [0.2, 0.25) is 5.91 Å². The minimum Gasteiger partial charge on any atom is -0.434 e. The first-order valence-electron chi connectivity index (χ1n) is 6.76. The highest BCUT2D eigenvalue weighted by molar-refractivity contribution is 7.07. The van der Waals surface area contributed by atoms with Crippen molar-refractivity contribution in [2.24, 2.45) is 0 Å². The molecule has 1 unspecified atom stereocenters. The Hall–Kier alpha value is -2.25. The molecule has 4 nitrogen and oxygen atoms in total. The molecular weight excluding hydrogens is 324 g/mol. The molecule has 7 heteroatoms. The zero-order valence-corrected chi connectivity index (χ0v) is 12.8. The van der Waals surface area contributed by atoms with Crippen molar-refractivity contribution in [2.45, 2.75) is 12.7 Å². The number of rotatable bonds is 7. The highest BCUT2D eigenvalue weighted by atomic mass is 32.1. The van der Waals surface area contributed by atoms with Crippen LogP contribution in [0.3, 0.4) is 0 Å². The van der Waals surface area contributed by atoms with Crippen LogP contribution in [0.15, 0.2) is 47.2 Å². The Balaban J connectivity index is 1.91. The number of para-hydroxylation sites is 1. The second-order valence-corrected chi connectivity index (χ2v) is 5.35. The molecule has 1 atom stereocenters. The van der Waals surface area contributed by atoms with Crippen LogP contribution in [0.4, 0.5) is 8.78 Å². The van der Waals surface area contributed by atoms with Gasteiger partial charge in [-0.15, -0.1) is 0 Å². The van der Waals surface area contributed by atoms with Crippen molar-refractivity contribution < 1.29 is 23.4 Å². The number of thiophene rings is 1. The lowest BCUT2D eigenvalue weighted by Crippen LogP contribution is -2.26. The first kappa shape index (κ1) is 17.1. The van der Waals surface area contributed by atoms with Gasteiger partial charge in [0.15, 0.2) is 0 Å². The number of benzene rings is 1. The van der Waals surface area contributed by atoms with Gasteiger partial charge in [-0.25, -0.2) is 0 Å². The number of carbonyl (C=O) groups excluding carboxylic acids is 1. The number of hydrogen-bond acceptors (Lipinski definition) is 4. The molecule has 0 aliphatic heterocycles. The molecule has 1 amide bonds. The van der Waals surface area contributed by atoms with Crippen LogP contribution in [0, 0.1) is 0 Å². The van der Waals surface area contributed by atoms with Gasteiger partial charge in [-0.3, -0.25) is 4.79 Å². The molecule has 122 valence electrons. The molecule has 0 saturated carbocycles. The van der Waals surface area contributed by atoms with Crippen molar-refractivity contribution in [2.75, 3.05) is 6.54 Å². The smallest absolute Gasteiger partial charge is 0.387 e. The predicted molar refractivity (Wildman–Crippen MR) is 84.4 cm³/mol. The number of alkyl halides is 2. The summed E-state index contributed by atoms with van der Waals surface area (Å²) >= 11 is 1.45. The number of carbonyl (C=O) groups is 1. The molecule has 1 aromatic carbocycles. The normalized spacial score (nSPS) is 12.5. The van der Waals surface area contributed by atoms with Crippen molar-refractivity contribution in [3.05, 3.63) is 58.3 Å². The van der Waals surface area contributed by atoms with Gasteiger partial charge < -0.3 is 15.2 Å². The van der Waals surface area contributed by atoms with Crippen LogP contribution in [-0.4, -0.2) is 24.2 Å². The molecule has 0 saturated heterocycles. The summed E-state index contributed by atoms with van der Waals surface area (Å²) < 4.78 is 29.0. The molecule has 1 heterocycles. The number of hydrogen-bond donors (Lipinski definition) is 2. The van der Waals surface area contributed by atoms with Crippen LogP contribution in [0.1, 0.15) is 17.2 Å². The molecule has 2 aromatic rings. The third kappa shape index (κ3) is 5.46. The average Bonchev–Trinajstić information content (AvgIpc) is 3.05. The lowest BCUT2D eigenvalue weighted by atomic mass is 10.2. The predicted octanol–water partition coefficient (Wildman–Crippen LogP) is 3.21. The Bertz CT molecular complexity index is 659. The fraction of sp³-hybridized carbons (Fsp3) is 0.188. The molecule has 1 aromatic heterocycles. The maximum atomic E-state index is 12.3. The first-order chi connectivity index (χ1) is 11.1. The van der Waals surface area contributed by atoms with E-state index in [1.54, 1.807) is 29.6 Å². The molecule has 0 aliphatic carbocycles. The highest BCUT2D eigenvalue weighted by Gasteiger charge is 2.09. The van der Waals surface area contributed by atoms with Gasteiger partial charge in [-0.2, -0.15) is 20.1 Å². The van der Waals surface area contributed by atoms with E-state index in [-0.39, 0.29) is 12.3 Å². The van der Waals surface area contributed by atoms with E-state index in [4.69, 9.17) is 0 Å². The van der Waals surface area contributed by atoms with Crippen LogP contribution in [0.5, 0.6) is 5.75 Å². The van der Waals surface area contributed by atoms with Gasteiger partial charge in [-0.05, 0) is 34.5 Å². The molecular formula is C16H15F2NO3S. The molecule has 2 N–H and O–H groups in total. The van der Waals surface area contributed by atoms with E-state index in [2.05, 4.69) is 10.1 Å². The summed E-state index contributed by atoms with van der Waals surface area (Å²) in [6, 6.07) is 7.93. The second-order valence-electron chi connectivity index (χ2n) is 4.57. The van der Waals surface area contributed by atoms with Gasteiger partial charge in [0.25, 0.3) is 0 Å². The van der Waals surface area contributed by atoms with Crippen LogP contribution in [0.25, 0.3) is 6.08 Å². The second kappa shape index (κ2) is 8.40. The van der Waals surface area contributed by atoms with Crippen molar-refractivity contribution in [3.63, 3.8) is 0 Å². The SMILES string of the molecule is O=C(/C=C/c1ccccc1OC(F)F)NCC(O)c1ccsc1. The lowest BCUT2D eigenvalue weighted by molar-refractivity contribution is -0.116. The zero-order chi connectivity index (χ0) is 16.7. The summed E-state index contributed by atoms with van der Waals surface area (Å²) in [7, 11) is 0. The minimum atomic E-state index is -2.93. The summed E-state index contributed by atoms with van der Waals surface area (Å²) in [5.41, 5.74) is 1.09. The summed E-state index contributed by atoms with van der Waals surface area (Å²) in [4.78, 5) is 11.7. The average molecular weight is 339 g/mol. The minimum absolute atomic E-state index is 0.00939. The lowest BCUT2D eigenvalue weighted by Gasteiger charge is -2.09. The van der Waals surface area contributed by atoms with E-state index in [9.17, 15) is 18.7 Å². The van der Waals surface area contributed by atoms with Crippen molar-refractivity contribution in [1.29, 1.82) is 0 Å². The Kier molecular flexibility index (Phi) is 6.25. The van der Waals surface area contributed by atoms with Crippen molar-refractivity contribution in [3.8, 4) is 5.75 Å². The van der Waals surface area contributed by atoms with Crippen LogP contribution in [0.2, 0.25) is 0 Å². The largest absolute Gasteiger partial charge is 0.434 e. The third-order valence-corrected chi connectivity index (χ3v) is 3.65. The topological polar surface area (TPSA) is 58.6 Å². The maximum Gasteiger partial charge on any atom is 0.387 e. The summed E-state index contributed by atoms with van der Waals surface area (Å²) in [5, 5.41) is 16.0. The summed E-state index contributed by atoms with van der Waals surface area (Å²) in [6.07, 6.45) is 1.80. The standard InChI is InChI=1S/C16H15F2NO3S/c17-16(18)22-14-4-2-1-3-11(14)5-6-15(21)19-9-13(20)12-7-8-23-10-12/h1-8,10,13,16,20H,9H2,(H,19,21)/b6-5+. The molecule has 0 bridgehead atoms. The van der Waals surface area contributed by atoms with Gasteiger partial charge in [0.1, 0.15) is 5.75 Å². The Labute approximate surface area is 136 Å². The van der Waals surface area contributed by atoms with Crippen molar-refractivity contribution >= 4 is 23.3 Å². The number of aliphatic hydroxyl groups excluding tert-OH is 1. The summed E-state index contributed by atoms with van der Waals surface area (Å²) in [6.45, 7) is -2.87. The Morgan fingerprint density at radius 2 is 2.13 bits per heavy atom. The first-order valence-corrected chi connectivity index (χ1v) is 7.70. The van der Waals surface area contributed by atoms with Gasteiger partial charge in [0, 0.05) is 18.2 Å². The van der Waals surface area contributed by atoms with Gasteiger partial charge in [-0.1, -0.05) is 18.2 Å². The molecule has 0 fully saturated rings. The van der Waals surface area contributed by atoms with Crippen LogP contribution >= 0.6 is 11.3 Å². The molecule has 2 rings (SSSR count). The Morgan fingerprint density at radius 3 is 2.83 bits per heavy atom. The van der Waals surface area contributed by atoms with Crippen LogP contribution < -0.4 is 10.1 Å². The van der Waals surface area contributed by atoms with Crippen LogP contribution in [-0.2, 0) is 4.79 Å². The fourth-order valence-electron chi connectivity index (χ4n) is 1.83. The number of aliphatic hydroxyl groups is 1. The number of nitrogens with one attached hydrogen (secondary N) is 1. The fourth-order valence-corrected chi connectivity index (χ4v) is 2.53. The van der Waals surface area contributed by atoms with E-state index < -0.39 is 18.6 Å². The van der Waals surface area contributed by atoms with Gasteiger partial charge in [0.05, 0.1) is 6.10 Å². The van der Waals surface area contributed by atoms with E-state index in [0.29, 0.717) is 5.56 Å². The van der Waals surface area contributed by atoms with E-state index in [1.807, 2.05) is 5.38 Å². The zero-order valence-electron chi connectivity index (χ0n) is 12.0. The number of ether oxygens (including phenoxy) is 1. The molecule has 23 heavy (non-hydrogen) atoms. The highest BCUT2D eigenvalue weighted by Crippen LogP contribution is 2.21. The van der Waals surface area contributed by atoms with E-state index >= 15 is 0 Å². The molecule has 0 radical (unpaired) electrons. The summed E-state index contributed by atoms with van der Waals surface area (Å²) in [5.74, 6) is -0.448. The molecule has 0 spiro atoms. The Morgan fingerprint density at radius 1 is 1.35 bits per heavy atom. The van der Waals surface area contributed by atoms with E-state index in [1.165, 1.54) is 29.6 Å². The maximum absolute atomic E-state index is 12.3. The quantitative estimate of drug-likeness (QED) is 0.762. The van der Waals surface area contributed by atoms with Crippen molar-refractivity contribution in [1.82, 2.24) is 5.32 Å².